The lowest BCUT2D eigenvalue weighted by Crippen LogP contribution is -2.18. The quantitative estimate of drug-likeness (QED) is 0.754. The van der Waals surface area contributed by atoms with Crippen molar-refractivity contribution in [3.63, 3.8) is 0 Å². The molecule has 0 bridgehead atoms. The van der Waals surface area contributed by atoms with E-state index in [2.05, 4.69) is 0 Å². The third-order valence-corrected chi connectivity index (χ3v) is 3.16. The van der Waals surface area contributed by atoms with Crippen molar-refractivity contribution in [3.8, 4) is 5.75 Å². The molecule has 0 amide bonds. The van der Waals surface area contributed by atoms with Crippen molar-refractivity contribution in [2.24, 2.45) is 11.7 Å². The Balaban J connectivity index is 2.13. The van der Waals surface area contributed by atoms with Gasteiger partial charge in [0.15, 0.2) is 0 Å². The minimum Gasteiger partial charge on any atom is -0.508 e. The molecule has 1 unspecified atom stereocenters. The molecule has 1 fully saturated rings. The molecule has 3 N–H and O–H groups in total. The van der Waals surface area contributed by atoms with E-state index in [9.17, 15) is 5.11 Å². The highest BCUT2D eigenvalue weighted by molar-refractivity contribution is 5.29. The van der Waals surface area contributed by atoms with E-state index in [4.69, 9.17) is 5.73 Å². The van der Waals surface area contributed by atoms with Crippen molar-refractivity contribution in [2.45, 2.75) is 31.7 Å². The minimum atomic E-state index is 0.101. The maximum Gasteiger partial charge on any atom is 0.115 e. The predicted octanol–water partition coefficient (Wildman–Crippen LogP) is 2.58. The second kappa shape index (κ2) is 4.01. The molecule has 0 aliphatic heterocycles. The van der Waals surface area contributed by atoms with E-state index in [1.165, 1.54) is 25.7 Å². The zero-order chi connectivity index (χ0) is 9.97. The average molecular weight is 191 g/mol. The van der Waals surface area contributed by atoms with Crippen LogP contribution >= 0.6 is 0 Å². The zero-order valence-corrected chi connectivity index (χ0v) is 8.32. The van der Waals surface area contributed by atoms with Gasteiger partial charge in [0, 0.05) is 6.04 Å². The van der Waals surface area contributed by atoms with Crippen molar-refractivity contribution in [1.82, 2.24) is 0 Å². The molecule has 0 radical (unpaired) electrons. The van der Waals surface area contributed by atoms with Crippen LogP contribution in [0.2, 0.25) is 0 Å². The molecule has 1 aromatic carbocycles. The summed E-state index contributed by atoms with van der Waals surface area (Å²) in [6, 6.07) is 7.43. The Labute approximate surface area is 84.7 Å². The van der Waals surface area contributed by atoms with Crippen LogP contribution in [0.3, 0.4) is 0 Å². The largest absolute Gasteiger partial charge is 0.508 e. The molecule has 2 heteroatoms. The van der Waals surface area contributed by atoms with Crippen molar-refractivity contribution in [3.05, 3.63) is 29.8 Å². The van der Waals surface area contributed by atoms with Crippen LogP contribution in [0.15, 0.2) is 24.3 Å². The monoisotopic (exact) mass is 191 g/mol. The van der Waals surface area contributed by atoms with Gasteiger partial charge in [0.25, 0.3) is 0 Å². The number of phenolic OH excluding ortho intramolecular Hbond substituents is 1. The Bertz CT molecular complexity index is 305. The van der Waals surface area contributed by atoms with Crippen LogP contribution in [-0.2, 0) is 0 Å². The van der Waals surface area contributed by atoms with Gasteiger partial charge in [0.2, 0.25) is 0 Å². The molecule has 0 saturated heterocycles. The molecule has 0 heterocycles. The predicted molar refractivity (Wildman–Crippen MR) is 57.0 cm³/mol. The van der Waals surface area contributed by atoms with Crippen LogP contribution in [0.5, 0.6) is 5.75 Å². The summed E-state index contributed by atoms with van der Waals surface area (Å²) in [6.07, 6.45) is 5.07. The van der Waals surface area contributed by atoms with E-state index in [1.54, 1.807) is 12.1 Å². The summed E-state index contributed by atoms with van der Waals surface area (Å²) in [5, 5.41) is 9.35. The first-order valence-electron chi connectivity index (χ1n) is 5.32. The van der Waals surface area contributed by atoms with Crippen molar-refractivity contribution >= 4 is 0 Å². The number of phenols is 1. The molecule has 1 saturated carbocycles. The Hall–Kier alpha value is -1.02. The Morgan fingerprint density at radius 2 is 2.00 bits per heavy atom. The topological polar surface area (TPSA) is 46.2 Å². The highest BCUT2D eigenvalue weighted by Crippen LogP contribution is 2.34. The van der Waals surface area contributed by atoms with Crippen LogP contribution in [0.25, 0.3) is 0 Å². The van der Waals surface area contributed by atoms with Gasteiger partial charge in [0.05, 0.1) is 0 Å². The van der Waals surface area contributed by atoms with Crippen LogP contribution in [-0.4, -0.2) is 5.11 Å². The van der Waals surface area contributed by atoms with Gasteiger partial charge in [-0.3, -0.25) is 0 Å². The molecule has 0 aromatic heterocycles. The summed E-state index contributed by atoms with van der Waals surface area (Å²) < 4.78 is 0. The van der Waals surface area contributed by atoms with Gasteiger partial charge in [-0.25, -0.2) is 0 Å². The maximum absolute atomic E-state index is 9.35. The lowest BCUT2D eigenvalue weighted by Gasteiger charge is -2.19. The number of nitrogens with two attached hydrogens (primary N) is 1. The van der Waals surface area contributed by atoms with Crippen LogP contribution in [0.1, 0.15) is 37.3 Å². The number of hydrogen-bond donors (Lipinski definition) is 2. The molecule has 1 aliphatic rings. The SMILES string of the molecule is NC(c1cccc(O)c1)C1CCCC1. The molecule has 1 aromatic rings. The van der Waals surface area contributed by atoms with E-state index < -0.39 is 0 Å². The Morgan fingerprint density at radius 3 is 2.64 bits per heavy atom. The third kappa shape index (κ3) is 1.90. The minimum absolute atomic E-state index is 0.101. The van der Waals surface area contributed by atoms with Gasteiger partial charge in [-0.1, -0.05) is 25.0 Å². The molecule has 2 nitrogen and oxygen atoms in total. The molecule has 2 rings (SSSR count). The third-order valence-electron chi connectivity index (χ3n) is 3.16. The number of benzene rings is 1. The average Bonchev–Trinajstić information content (AvgIpc) is 2.69. The fourth-order valence-electron chi connectivity index (χ4n) is 2.32. The van der Waals surface area contributed by atoms with Gasteiger partial charge in [0.1, 0.15) is 5.75 Å². The van der Waals surface area contributed by atoms with E-state index in [0.29, 0.717) is 11.7 Å². The normalized spacial score (nSPS) is 19.8. The van der Waals surface area contributed by atoms with Crippen LogP contribution in [0.4, 0.5) is 0 Å². The molecule has 14 heavy (non-hydrogen) atoms. The van der Waals surface area contributed by atoms with Crippen molar-refractivity contribution < 1.29 is 5.11 Å². The summed E-state index contributed by atoms with van der Waals surface area (Å²) in [5.41, 5.74) is 7.22. The lowest BCUT2D eigenvalue weighted by atomic mass is 9.92. The smallest absolute Gasteiger partial charge is 0.115 e. The molecule has 1 atom stereocenters. The lowest BCUT2D eigenvalue weighted by molar-refractivity contribution is 0.438. The van der Waals surface area contributed by atoms with Crippen LogP contribution in [0, 0.1) is 5.92 Å². The first-order valence-corrected chi connectivity index (χ1v) is 5.32. The zero-order valence-electron chi connectivity index (χ0n) is 8.32. The summed E-state index contributed by atoms with van der Waals surface area (Å²) >= 11 is 0. The van der Waals surface area contributed by atoms with Gasteiger partial charge < -0.3 is 10.8 Å². The van der Waals surface area contributed by atoms with Gasteiger partial charge in [-0.15, -0.1) is 0 Å². The summed E-state index contributed by atoms with van der Waals surface area (Å²) in [6.45, 7) is 0. The van der Waals surface area contributed by atoms with Crippen molar-refractivity contribution in [1.29, 1.82) is 0 Å². The first kappa shape index (κ1) is 9.53. The van der Waals surface area contributed by atoms with E-state index in [1.807, 2.05) is 12.1 Å². The number of aromatic hydroxyl groups is 1. The number of rotatable bonds is 2. The molecular weight excluding hydrogens is 174 g/mol. The van der Waals surface area contributed by atoms with Gasteiger partial charge >= 0.3 is 0 Å². The summed E-state index contributed by atoms with van der Waals surface area (Å²) in [7, 11) is 0. The second-order valence-electron chi connectivity index (χ2n) is 4.17. The maximum atomic E-state index is 9.35. The van der Waals surface area contributed by atoms with E-state index in [0.717, 1.165) is 5.56 Å². The highest BCUT2D eigenvalue weighted by Gasteiger charge is 2.23. The fourth-order valence-corrected chi connectivity index (χ4v) is 2.32. The standard InChI is InChI=1S/C12H17NO/c13-12(9-4-1-2-5-9)10-6-3-7-11(14)8-10/h3,6-9,12,14H,1-2,4-5,13H2. The van der Waals surface area contributed by atoms with E-state index >= 15 is 0 Å². The number of hydrogen-bond acceptors (Lipinski definition) is 2. The fraction of sp³-hybridized carbons (Fsp3) is 0.500. The van der Waals surface area contributed by atoms with Crippen molar-refractivity contribution in [2.75, 3.05) is 0 Å². The Morgan fingerprint density at radius 1 is 1.29 bits per heavy atom. The molecule has 0 spiro atoms. The second-order valence-corrected chi connectivity index (χ2v) is 4.17. The van der Waals surface area contributed by atoms with Crippen LogP contribution < -0.4 is 5.73 Å². The summed E-state index contributed by atoms with van der Waals surface area (Å²) in [5.74, 6) is 0.924. The summed E-state index contributed by atoms with van der Waals surface area (Å²) in [4.78, 5) is 0. The first-order chi connectivity index (χ1) is 6.77. The Kier molecular flexibility index (Phi) is 2.73. The molecular formula is C12H17NO. The van der Waals surface area contributed by atoms with Gasteiger partial charge in [-0.2, -0.15) is 0 Å². The highest BCUT2D eigenvalue weighted by atomic mass is 16.3. The van der Waals surface area contributed by atoms with Gasteiger partial charge in [-0.05, 0) is 36.5 Å². The molecule has 76 valence electrons. The van der Waals surface area contributed by atoms with E-state index in [-0.39, 0.29) is 6.04 Å². The molecule has 1 aliphatic carbocycles.